The lowest BCUT2D eigenvalue weighted by molar-refractivity contribution is -0.870. The van der Waals surface area contributed by atoms with Crippen molar-refractivity contribution in [2.45, 2.75) is 283 Å². The lowest BCUT2D eigenvalue weighted by atomic mass is 10.0. The first-order valence-electron chi connectivity index (χ1n) is 30.4. The number of phosphoric ester groups is 1. The van der Waals surface area contributed by atoms with E-state index in [1.807, 2.05) is 28.1 Å². The molecule has 0 aliphatic carbocycles. The van der Waals surface area contributed by atoms with Crippen LogP contribution in [-0.2, 0) is 18.4 Å². The Hall–Kier alpha value is -2.10. The van der Waals surface area contributed by atoms with E-state index in [1.165, 1.54) is 167 Å². The van der Waals surface area contributed by atoms with Crippen molar-refractivity contribution in [1.29, 1.82) is 0 Å². The number of rotatable bonds is 55. The number of aliphatic hydroxyl groups excluding tert-OH is 2. The Kier molecular flexibility index (Phi) is 51.8. The Bertz CT molecular complexity index is 1440. The van der Waals surface area contributed by atoms with Crippen molar-refractivity contribution < 1.29 is 38.0 Å². The van der Waals surface area contributed by atoms with E-state index in [9.17, 15) is 24.5 Å². The summed E-state index contributed by atoms with van der Waals surface area (Å²) in [7, 11) is 1.40. The number of hydrogen-bond donors (Lipinski definition) is 4. The van der Waals surface area contributed by atoms with Crippen LogP contribution in [0, 0.1) is 0 Å². The fraction of sp³-hybridized carbons (Fsp3) is 0.794. The van der Waals surface area contributed by atoms with Crippen LogP contribution in [0.2, 0.25) is 0 Å². The summed E-state index contributed by atoms with van der Waals surface area (Å²) >= 11 is 0. The molecule has 0 aliphatic heterocycles. The first kappa shape index (κ1) is 70.9. The van der Waals surface area contributed by atoms with Crippen LogP contribution in [0.5, 0.6) is 0 Å². The summed E-state index contributed by atoms with van der Waals surface area (Å²) in [5.41, 5.74) is 0. The van der Waals surface area contributed by atoms with Gasteiger partial charge in [-0.3, -0.25) is 13.8 Å². The number of unbranched alkanes of at least 4 members (excludes halogenated alkanes) is 30. The van der Waals surface area contributed by atoms with E-state index in [1.54, 1.807) is 0 Å². The largest absolute Gasteiger partial charge is 0.472 e. The first-order valence-corrected chi connectivity index (χ1v) is 31.8. The maximum absolute atomic E-state index is 13.0. The van der Waals surface area contributed by atoms with Gasteiger partial charge in [-0.05, 0) is 96.8 Å². The zero-order valence-electron chi connectivity index (χ0n) is 48.2. The average Bonchev–Trinajstić information content (AvgIpc) is 3.35. The third-order valence-corrected chi connectivity index (χ3v) is 14.6. The van der Waals surface area contributed by atoms with E-state index in [0.29, 0.717) is 23.9 Å². The number of likely N-dealkylation sites (N-methyl/N-ethyl adjacent to an activating group) is 1. The molecule has 73 heavy (non-hydrogen) atoms. The molecule has 0 aromatic carbocycles. The molecule has 426 valence electrons. The highest BCUT2D eigenvalue weighted by atomic mass is 31.2. The van der Waals surface area contributed by atoms with Crippen LogP contribution in [0.3, 0.4) is 0 Å². The summed E-state index contributed by atoms with van der Waals surface area (Å²) in [5.74, 6) is -0.273. The Morgan fingerprint density at radius 3 is 1.32 bits per heavy atom. The summed E-state index contributed by atoms with van der Waals surface area (Å²) in [4.78, 5) is 23.3. The third kappa shape index (κ3) is 54.5. The number of nitrogens with one attached hydrogen (secondary N) is 1. The van der Waals surface area contributed by atoms with Gasteiger partial charge < -0.3 is 24.9 Å². The Morgan fingerprint density at radius 1 is 0.507 bits per heavy atom. The normalized spacial score (nSPS) is 14.8. The van der Waals surface area contributed by atoms with Crippen molar-refractivity contribution in [2.24, 2.45) is 0 Å². The van der Waals surface area contributed by atoms with E-state index >= 15 is 0 Å². The lowest BCUT2D eigenvalue weighted by Gasteiger charge is -2.28. The van der Waals surface area contributed by atoms with Crippen molar-refractivity contribution in [2.75, 3.05) is 40.9 Å². The van der Waals surface area contributed by atoms with Crippen molar-refractivity contribution in [3.05, 3.63) is 72.9 Å². The van der Waals surface area contributed by atoms with Crippen molar-refractivity contribution >= 4 is 13.7 Å². The standard InChI is InChI=1S/C63H117N2O7P/c1-6-8-10-12-14-16-18-20-21-22-23-24-25-26-27-28-29-30-31-32-33-34-35-36-37-38-39-40-41-42-43-44-46-48-50-52-54-56-62(67)64-60(59-72-73(69,70)71-58-57-65(3,4)5)63(68)61(66)55-53-51-49-47-45-19-17-15-13-11-9-7-2/h7,9,15,17-18,20,22-23,25-26,47,49,60-61,63,66,68H,6,8,10-14,16,19,21,24,27-46,48,50-59H2,1-5H3,(H-,64,67,69,70)/p+1/b9-7+,17-15+,20-18-,23-22-,26-25-,49-47+. The maximum atomic E-state index is 13.0. The van der Waals surface area contributed by atoms with Gasteiger partial charge in [0, 0.05) is 6.42 Å². The van der Waals surface area contributed by atoms with Crippen LogP contribution >= 0.6 is 7.82 Å². The number of aliphatic hydroxyl groups is 2. The molecular formula is C63H118N2O7P+. The number of hydrogen-bond acceptors (Lipinski definition) is 6. The fourth-order valence-corrected chi connectivity index (χ4v) is 9.52. The molecule has 9 nitrogen and oxygen atoms in total. The SMILES string of the molecule is C/C=C/CC/C=C/CC/C=C/CCCC(O)C(O)C(COP(=O)(O)OCC[N+](C)(C)C)NC(=O)CCCCCCCCCCCCCCCCCCCCCCCC/C=C\C/C=C\C/C=C\CCCCCCC. The predicted molar refractivity (Wildman–Crippen MR) is 315 cm³/mol. The number of nitrogens with zero attached hydrogens (tertiary/aromatic N) is 1. The summed E-state index contributed by atoms with van der Waals surface area (Å²) in [6, 6.07) is -1.06. The predicted octanol–water partition coefficient (Wildman–Crippen LogP) is 17.6. The van der Waals surface area contributed by atoms with Crippen molar-refractivity contribution in [1.82, 2.24) is 5.32 Å². The molecule has 4 unspecified atom stereocenters. The molecule has 0 spiro atoms. The highest BCUT2D eigenvalue weighted by Gasteiger charge is 2.31. The zero-order chi connectivity index (χ0) is 53.6. The highest BCUT2D eigenvalue weighted by Crippen LogP contribution is 2.43. The number of phosphoric acid groups is 1. The molecule has 0 rings (SSSR count). The minimum atomic E-state index is -4.44. The molecule has 10 heteroatoms. The molecule has 4 atom stereocenters. The molecule has 0 saturated carbocycles. The Balaban J connectivity index is 4.01. The quantitative estimate of drug-likeness (QED) is 0.0207. The zero-order valence-corrected chi connectivity index (χ0v) is 49.1. The van der Waals surface area contributed by atoms with Gasteiger partial charge in [0.05, 0.1) is 39.9 Å². The molecule has 0 radical (unpaired) electrons. The molecule has 0 bridgehead atoms. The monoisotopic (exact) mass is 1050 g/mol. The van der Waals surface area contributed by atoms with Gasteiger partial charge in [-0.2, -0.15) is 0 Å². The number of carbonyl (C=O) groups excluding carboxylic acids is 1. The average molecular weight is 1050 g/mol. The number of carbonyl (C=O) groups is 1. The third-order valence-electron chi connectivity index (χ3n) is 13.6. The first-order chi connectivity index (χ1) is 35.4. The molecular weight excluding hydrogens is 928 g/mol. The number of amides is 1. The summed E-state index contributed by atoms with van der Waals surface area (Å²) < 4.78 is 23.6. The molecule has 4 N–H and O–H groups in total. The van der Waals surface area contributed by atoms with Gasteiger partial charge in [-0.1, -0.05) is 234 Å². The summed E-state index contributed by atoms with van der Waals surface area (Å²) in [6.45, 7) is 4.36. The van der Waals surface area contributed by atoms with Crippen LogP contribution in [0.15, 0.2) is 72.9 Å². The van der Waals surface area contributed by atoms with Gasteiger partial charge in [0.15, 0.2) is 0 Å². The minimum Gasteiger partial charge on any atom is -0.390 e. The molecule has 0 aromatic heterocycles. The topological polar surface area (TPSA) is 125 Å². The van der Waals surface area contributed by atoms with Crippen LogP contribution in [0.1, 0.15) is 264 Å². The molecule has 0 aromatic rings. The lowest BCUT2D eigenvalue weighted by Crippen LogP contribution is -2.51. The second kappa shape index (κ2) is 53.3. The number of allylic oxidation sites excluding steroid dienone is 12. The van der Waals surface area contributed by atoms with Crippen LogP contribution in [-0.4, -0.2) is 84.6 Å². The van der Waals surface area contributed by atoms with Gasteiger partial charge in [0.25, 0.3) is 0 Å². The van der Waals surface area contributed by atoms with E-state index in [4.69, 9.17) is 9.05 Å². The Morgan fingerprint density at radius 2 is 0.877 bits per heavy atom. The summed E-state index contributed by atoms with van der Waals surface area (Å²) in [6.07, 6.45) is 70.4. The Labute approximate surface area is 451 Å². The highest BCUT2D eigenvalue weighted by molar-refractivity contribution is 7.47. The van der Waals surface area contributed by atoms with Crippen LogP contribution in [0.25, 0.3) is 0 Å². The second-order valence-electron chi connectivity index (χ2n) is 21.8. The fourth-order valence-electron chi connectivity index (χ4n) is 8.78. The maximum Gasteiger partial charge on any atom is 0.472 e. The smallest absolute Gasteiger partial charge is 0.390 e. The van der Waals surface area contributed by atoms with Crippen LogP contribution < -0.4 is 5.32 Å². The van der Waals surface area contributed by atoms with E-state index in [2.05, 4.69) is 85.2 Å². The summed E-state index contributed by atoms with van der Waals surface area (Å²) in [5, 5.41) is 24.7. The van der Waals surface area contributed by atoms with Crippen molar-refractivity contribution in [3.8, 4) is 0 Å². The van der Waals surface area contributed by atoms with Gasteiger partial charge in [-0.15, -0.1) is 0 Å². The van der Waals surface area contributed by atoms with Crippen molar-refractivity contribution in [3.63, 3.8) is 0 Å². The molecule has 0 fully saturated rings. The molecule has 0 saturated heterocycles. The van der Waals surface area contributed by atoms with Gasteiger partial charge in [0.1, 0.15) is 19.3 Å². The van der Waals surface area contributed by atoms with E-state index in [-0.39, 0.29) is 18.9 Å². The number of quaternary nitrogens is 1. The van der Waals surface area contributed by atoms with Gasteiger partial charge in [-0.25, -0.2) is 4.57 Å². The molecule has 0 heterocycles. The van der Waals surface area contributed by atoms with Gasteiger partial charge >= 0.3 is 7.82 Å². The van der Waals surface area contributed by atoms with E-state index in [0.717, 1.165) is 64.2 Å². The minimum absolute atomic E-state index is 0.0112. The van der Waals surface area contributed by atoms with E-state index < -0.39 is 32.7 Å². The second-order valence-corrected chi connectivity index (χ2v) is 23.3. The van der Waals surface area contributed by atoms with Crippen LogP contribution in [0.4, 0.5) is 0 Å². The van der Waals surface area contributed by atoms with Gasteiger partial charge in [0.2, 0.25) is 5.91 Å². The molecule has 1 amide bonds. The molecule has 0 aliphatic rings.